The van der Waals surface area contributed by atoms with Gasteiger partial charge < -0.3 is 13.9 Å². The normalized spacial score (nSPS) is 10.0. The molecule has 0 aliphatic heterocycles. The molecule has 0 aliphatic carbocycles. The Hall–Kier alpha value is -1.97. The molecule has 0 atom stereocenters. The second-order valence-electron chi connectivity index (χ2n) is 2.90. The summed E-state index contributed by atoms with van der Waals surface area (Å²) < 4.78 is 15.6. The second-order valence-corrected chi connectivity index (χ2v) is 2.90. The van der Waals surface area contributed by atoms with Gasteiger partial charge in [0.2, 0.25) is 5.89 Å². The van der Waals surface area contributed by atoms with E-state index in [1.807, 2.05) is 18.2 Å². The standard InChI is InChI=1S/C11H11NO3/c1-13-8-3-4-10(14-2)9(7-8)11-12-5-6-15-11/h3-7H,1-2H3. The number of methoxy groups -OCH3 is 2. The first-order valence-corrected chi connectivity index (χ1v) is 4.47. The summed E-state index contributed by atoms with van der Waals surface area (Å²) in [6.45, 7) is 0. The molecule has 1 aromatic carbocycles. The zero-order chi connectivity index (χ0) is 10.7. The van der Waals surface area contributed by atoms with E-state index < -0.39 is 0 Å². The quantitative estimate of drug-likeness (QED) is 0.771. The van der Waals surface area contributed by atoms with Crippen molar-refractivity contribution in [2.45, 2.75) is 0 Å². The Kier molecular flexibility index (Phi) is 2.58. The first-order chi connectivity index (χ1) is 7.35. The van der Waals surface area contributed by atoms with Gasteiger partial charge in [0, 0.05) is 0 Å². The average Bonchev–Trinajstić information content (AvgIpc) is 2.81. The first-order valence-electron chi connectivity index (χ1n) is 4.47. The number of hydrogen-bond donors (Lipinski definition) is 0. The Morgan fingerprint density at radius 3 is 2.67 bits per heavy atom. The molecule has 78 valence electrons. The number of hydrogen-bond acceptors (Lipinski definition) is 4. The smallest absolute Gasteiger partial charge is 0.229 e. The number of aromatic nitrogens is 1. The lowest BCUT2D eigenvalue weighted by Gasteiger charge is -2.07. The molecule has 0 fully saturated rings. The van der Waals surface area contributed by atoms with Crippen LogP contribution in [0.4, 0.5) is 0 Å². The highest BCUT2D eigenvalue weighted by Crippen LogP contribution is 2.32. The van der Waals surface area contributed by atoms with Crippen LogP contribution in [0, 0.1) is 0 Å². The highest BCUT2D eigenvalue weighted by molar-refractivity contribution is 5.64. The van der Waals surface area contributed by atoms with Crippen molar-refractivity contribution in [3.05, 3.63) is 30.7 Å². The Morgan fingerprint density at radius 2 is 2.07 bits per heavy atom. The zero-order valence-corrected chi connectivity index (χ0v) is 8.56. The Balaban J connectivity index is 2.52. The van der Waals surface area contributed by atoms with Crippen LogP contribution in [0.25, 0.3) is 11.5 Å². The summed E-state index contributed by atoms with van der Waals surface area (Å²) in [5.74, 6) is 1.97. The summed E-state index contributed by atoms with van der Waals surface area (Å²) in [4.78, 5) is 4.07. The molecular weight excluding hydrogens is 194 g/mol. The molecule has 15 heavy (non-hydrogen) atoms. The maximum Gasteiger partial charge on any atom is 0.229 e. The maximum atomic E-state index is 5.21. The fraction of sp³-hybridized carbons (Fsp3) is 0.182. The molecule has 2 rings (SSSR count). The molecule has 1 heterocycles. The van der Waals surface area contributed by atoms with Gasteiger partial charge in [0.1, 0.15) is 17.8 Å². The van der Waals surface area contributed by atoms with Crippen LogP contribution < -0.4 is 9.47 Å². The van der Waals surface area contributed by atoms with E-state index in [0.29, 0.717) is 11.6 Å². The predicted molar refractivity (Wildman–Crippen MR) is 55.0 cm³/mol. The van der Waals surface area contributed by atoms with Gasteiger partial charge >= 0.3 is 0 Å². The van der Waals surface area contributed by atoms with Gasteiger partial charge in [-0.15, -0.1) is 0 Å². The minimum absolute atomic E-state index is 0.519. The maximum absolute atomic E-state index is 5.21. The molecule has 0 saturated heterocycles. The van der Waals surface area contributed by atoms with Crippen molar-refractivity contribution in [2.24, 2.45) is 0 Å². The summed E-state index contributed by atoms with van der Waals surface area (Å²) in [5.41, 5.74) is 0.779. The van der Waals surface area contributed by atoms with Crippen LogP contribution in [0.2, 0.25) is 0 Å². The average molecular weight is 205 g/mol. The fourth-order valence-electron chi connectivity index (χ4n) is 1.34. The highest BCUT2D eigenvalue weighted by Gasteiger charge is 2.10. The lowest BCUT2D eigenvalue weighted by molar-refractivity contribution is 0.403. The third-order valence-corrected chi connectivity index (χ3v) is 2.07. The first kappa shape index (κ1) is 9.58. The van der Waals surface area contributed by atoms with Crippen LogP contribution in [0.15, 0.2) is 35.1 Å². The van der Waals surface area contributed by atoms with Crippen LogP contribution in [0.1, 0.15) is 0 Å². The van der Waals surface area contributed by atoms with Gasteiger partial charge in [-0.25, -0.2) is 4.98 Å². The summed E-state index contributed by atoms with van der Waals surface area (Å²) in [7, 11) is 3.22. The number of nitrogens with zero attached hydrogens (tertiary/aromatic N) is 1. The molecule has 0 N–H and O–H groups in total. The number of rotatable bonds is 3. The van der Waals surface area contributed by atoms with E-state index in [1.165, 1.54) is 6.26 Å². The number of benzene rings is 1. The van der Waals surface area contributed by atoms with E-state index in [2.05, 4.69) is 4.98 Å². The van der Waals surface area contributed by atoms with Crippen molar-refractivity contribution in [3.8, 4) is 23.0 Å². The van der Waals surface area contributed by atoms with Crippen molar-refractivity contribution in [2.75, 3.05) is 14.2 Å². The molecule has 1 aromatic heterocycles. The third-order valence-electron chi connectivity index (χ3n) is 2.07. The lowest BCUT2D eigenvalue weighted by atomic mass is 10.2. The second kappa shape index (κ2) is 4.04. The van der Waals surface area contributed by atoms with Crippen molar-refractivity contribution in [3.63, 3.8) is 0 Å². The predicted octanol–water partition coefficient (Wildman–Crippen LogP) is 2.36. The number of oxazole rings is 1. The molecule has 0 radical (unpaired) electrons. The van der Waals surface area contributed by atoms with Crippen molar-refractivity contribution < 1.29 is 13.9 Å². The highest BCUT2D eigenvalue weighted by atomic mass is 16.5. The van der Waals surface area contributed by atoms with Crippen LogP contribution in [0.3, 0.4) is 0 Å². The summed E-state index contributed by atoms with van der Waals surface area (Å²) >= 11 is 0. The van der Waals surface area contributed by atoms with Crippen molar-refractivity contribution in [1.29, 1.82) is 0 Å². The topological polar surface area (TPSA) is 44.5 Å². The summed E-state index contributed by atoms with van der Waals surface area (Å²) in [6.07, 6.45) is 3.11. The van der Waals surface area contributed by atoms with Crippen LogP contribution in [-0.4, -0.2) is 19.2 Å². The van der Waals surface area contributed by atoms with Gasteiger partial charge in [0.25, 0.3) is 0 Å². The van der Waals surface area contributed by atoms with E-state index >= 15 is 0 Å². The third kappa shape index (κ3) is 1.79. The van der Waals surface area contributed by atoms with Gasteiger partial charge in [0.15, 0.2) is 0 Å². The molecule has 0 amide bonds. The van der Waals surface area contributed by atoms with E-state index in [-0.39, 0.29) is 0 Å². The lowest BCUT2D eigenvalue weighted by Crippen LogP contribution is -1.90. The summed E-state index contributed by atoms with van der Waals surface area (Å²) in [6, 6.07) is 5.47. The molecule has 2 aromatic rings. The molecule has 4 heteroatoms. The minimum Gasteiger partial charge on any atom is -0.497 e. The van der Waals surface area contributed by atoms with E-state index in [4.69, 9.17) is 13.9 Å². The Morgan fingerprint density at radius 1 is 1.20 bits per heavy atom. The van der Waals surface area contributed by atoms with Gasteiger partial charge in [-0.2, -0.15) is 0 Å². The molecule has 0 bridgehead atoms. The van der Waals surface area contributed by atoms with Crippen molar-refractivity contribution >= 4 is 0 Å². The van der Waals surface area contributed by atoms with Gasteiger partial charge in [-0.05, 0) is 18.2 Å². The fourth-order valence-corrected chi connectivity index (χ4v) is 1.34. The molecule has 0 spiro atoms. The van der Waals surface area contributed by atoms with E-state index in [1.54, 1.807) is 20.4 Å². The molecule has 0 unspecified atom stereocenters. The van der Waals surface area contributed by atoms with E-state index in [0.717, 1.165) is 11.3 Å². The van der Waals surface area contributed by atoms with E-state index in [9.17, 15) is 0 Å². The monoisotopic (exact) mass is 205 g/mol. The van der Waals surface area contributed by atoms with Gasteiger partial charge in [-0.3, -0.25) is 0 Å². The molecule has 0 saturated carbocycles. The van der Waals surface area contributed by atoms with Gasteiger partial charge in [0.05, 0.1) is 26.0 Å². The Labute approximate surface area is 87.5 Å². The van der Waals surface area contributed by atoms with Gasteiger partial charge in [-0.1, -0.05) is 0 Å². The van der Waals surface area contributed by atoms with Crippen molar-refractivity contribution in [1.82, 2.24) is 4.98 Å². The molecule has 4 nitrogen and oxygen atoms in total. The number of ether oxygens (including phenoxy) is 2. The van der Waals surface area contributed by atoms with Crippen LogP contribution in [0.5, 0.6) is 11.5 Å². The molecule has 0 aliphatic rings. The zero-order valence-electron chi connectivity index (χ0n) is 8.56. The largest absolute Gasteiger partial charge is 0.497 e. The minimum atomic E-state index is 0.519. The Bertz CT molecular complexity index is 437. The summed E-state index contributed by atoms with van der Waals surface area (Å²) in [5, 5.41) is 0. The van der Waals surface area contributed by atoms with Crippen LogP contribution >= 0.6 is 0 Å². The molecular formula is C11H11NO3. The SMILES string of the molecule is COc1ccc(OC)c(-c2ncco2)c1. The van der Waals surface area contributed by atoms with Crippen LogP contribution in [-0.2, 0) is 0 Å².